The number of benzene rings is 1. The molecule has 0 radical (unpaired) electrons. The molecule has 2 N–H and O–H groups in total. The number of halogens is 1. The Hall–Kier alpha value is -1.75. The highest BCUT2D eigenvalue weighted by atomic mass is 32.2. The van der Waals surface area contributed by atoms with Gasteiger partial charge in [-0.1, -0.05) is 12.1 Å². The number of sulfonamides is 1. The fourth-order valence-electron chi connectivity index (χ4n) is 4.28. The number of carbonyl (C=O) groups excluding carboxylic acids is 1. The van der Waals surface area contributed by atoms with Crippen molar-refractivity contribution in [2.75, 3.05) is 44.0 Å². The molecule has 2 aliphatic heterocycles. The number of likely N-dealkylation sites (tertiary alicyclic amines) is 1. The van der Waals surface area contributed by atoms with Crippen molar-refractivity contribution in [3.05, 3.63) is 30.1 Å². The van der Waals surface area contributed by atoms with Gasteiger partial charge in [0.25, 0.3) is 0 Å². The summed E-state index contributed by atoms with van der Waals surface area (Å²) in [5, 5.41) is 9.29. The molecule has 10 heteroatoms. The second-order valence-electron chi connectivity index (χ2n) is 7.92. The number of para-hydroxylation sites is 1. The predicted octanol–water partition coefficient (Wildman–Crippen LogP) is 0.712. The smallest absolute Gasteiger partial charge is 0.248 e. The maximum Gasteiger partial charge on any atom is 0.248 e. The van der Waals surface area contributed by atoms with Crippen LogP contribution in [-0.2, 0) is 19.6 Å². The van der Waals surface area contributed by atoms with Gasteiger partial charge in [-0.25, -0.2) is 17.5 Å². The lowest BCUT2D eigenvalue weighted by molar-refractivity contribution is -0.141. The largest absolute Gasteiger partial charge is 0.387 e. The zero-order valence-corrected chi connectivity index (χ0v) is 18.0. The van der Waals surface area contributed by atoms with E-state index in [4.69, 9.17) is 4.74 Å². The van der Waals surface area contributed by atoms with Gasteiger partial charge in [0, 0.05) is 25.7 Å². The minimum Gasteiger partial charge on any atom is -0.387 e. The highest BCUT2D eigenvalue weighted by molar-refractivity contribution is 7.88. The first-order chi connectivity index (χ1) is 14.3. The Morgan fingerprint density at radius 2 is 1.93 bits per heavy atom. The molecule has 2 heterocycles. The van der Waals surface area contributed by atoms with E-state index in [0.717, 1.165) is 6.26 Å². The second-order valence-corrected chi connectivity index (χ2v) is 9.70. The monoisotopic (exact) mass is 443 g/mol. The van der Waals surface area contributed by atoms with Gasteiger partial charge in [-0.3, -0.25) is 4.79 Å². The number of anilines is 1. The van der Waals surface area contributed by atoms with Crippen LogP contribution >= 0.6 is 0 Å². The van der Waals surface area contributed by atoms with Crippen molar-refractivity contribution in [1.29, 1.82) is 0 Å². The molecule has 30 heavy (non-hydrogen) atoms. The van der Waals surface area contributed by atoms with Gasteiger partial charge in [-0.2, -0.15) is 0 Å². The number of ether oxygens (including phenoxy) is 1. The van der Waals surface area contributed by atoms with Gasteiger partial charge in [0.05, 0.1) is 30.7 Å². The summed E-state index contributed by atoms with van der Waals surface area (Å²) in [6, 6.07) is 5.76. The summed E-state index contributed by atoms with van der Waals surface area (Å²) in [5.74, 6) is -0.676. The van der Waals surface area contributed by atoms with E-state index in [0.29, 0.717) is 51.0 Å². The molecular formula is C20H30FN3O5S. The standard InChI is InChI=1S/C20H30FN3O5S/c1-30(27,28)22-17-6-4-10-24(20(26)13-25)19(17)14-29-15-8-11-23(12-9-15)18-7-3-2-5-16(18)21/h2-3,5,7,15,17,19,22,25H,4,6,8-14H2,1H3/t17-,19-/m0/s1. The van der Waals surface area contributed by atoms with E-state index in [1.165, 1.54) is 11.0 Å². The molecular weight excluding hydrogens is 413 g/mol. The number of amides is 1. The molecule has 0 unspecified atom stereocenters. The average Bonchev–Trinajstić information content (AvgIpc) is 2.72. The number of aliphatic hydroxyl groups is 1. The van der Waals surface area contributed by atoms with Gasteiger partial charge in [-0.05, 0) is 37.8 Å². The maximum atomic E-state index is 14.0. The third-order valence-corrected chi connectivity index (χ3v) is 6.47. The van der Waals surface area contributed by atoms with Crippen LogP contribution in [0.4, 0.5) is 10.1 Å². The Kier molecular flexibility index (Phi) is 7.67. The predicted molar refractivity (Wildman–Crippen MR) is 111 cm³/mol. The van der Waals surface area contributed by atoms with E-state index in [1.807, 2.05) is 11.0 Å². The van der Waals surface area contributed by atoms with Crippen LogP contribution in [0.2, 0.25) is 0 Å². The molecule has 168 valence electrons. The maximum absolute atomic E-state index is 14.0. The fraction of sp³-hybridized carbons (Fsp3) is 0.650. The molecule has 0 aliphatic carbocycles. The van der Waals surface area contributed by atoms with E-state index in [-0.39, 0.29) is 18.5 Å². The van der Waals surface area contributed by atoms with E-state index in [2.05, 4.69) is 4.72 Å². The summed E-state index contributed by atoms with van der Waals surface area (Å²) >= 11 is 0. The summed E-state index contributed by atoms with van der Waals surface area (Å²) in [6.45, 7) is 1.33. The number of piperidine rings is 2. The van der Waals surface area contributed by atoms with Crippen LogP contribution < -0.4 is 9.62 Å². The van der Waals surface area contributed by atoms with Crippen molar-refractivity contribution in [1.82, 2.24) is 9.62 Å². The Balaban J connectivity index is 1.60. The van der Waals surface area contributed by atoms with Crippen molar-refractivity contribution in [2.24, 2.45) is 0 Å². The highest BCUT2D eigenvalue weighted by Gasteiger charge is 2.36. The summed E-state index contributed by atoms with van der Waals surface area (Å²) in [5.41, 5.74) is 0.584. The van der Waals surface area contributed by atoms with Crippen LogP contribution in [0.15, 0.2) is 24.3 Å². The van der Waals surface area contributed by atoms with Crippen molar-refractivity contribution in [2.45, 2.75) is 43.9 Å². The van der Waals surface area contributed by atoms with Crippen LogP contribution in [0.3, 0.4) is 0 Å². The van der Waals surface area contributed by atoms with Gasteiger partial charge < -0.3 is 19.6 Å². The Bertz CT molecular complexity index is 829. The Morgan fingerprint density at radius 3 is 2.57 bits per heavy atom. The topological polar surface area (TPSA) is 99.2 Å². The summed E-state index contributed by atoms with van der Waals surface area (Å²) in [6.07, 6.45) is 3.70. The first-order valence-electron chi connectivity index (χ1n) is 10.3. The first kappa shape index (κ1) is 22.9. The summed E-state index contributed by atoms with van der Waals surface area (Å²) in [7, 11) is -3.45. The van der Waals surface area contributed by atoms with Crippen LogP contribution in [0, 0.1) is 5.82 Å². The molecule has 0 bridgehead atoms. The van der Waals surface area contributed by atoms with Crippen molar-refractivity contribution >= 4 is 21.6 Å². The Morgan fingerprint density at radius 1 is 1.23 bits per heavy atom. The second kappa shape index (κ2) is 10.0. The lowest BCUT2D eigenvalue weighted by Crippen LogP contribution is -2.59. The zero-order chi connectivity index (χ0) is 21.7. The van der Waals surface area contributed by atoms with E-state index in [9.17, 15) is 22.7 Å². The van der Waals surface area contributed by atoms with Crippen LogP contribution in [-0.4, -0.2) is 81.6 Å². The number of nitrogens with zero attached hydrogens (tertiary/aromatic N) is 2. The molecule has 1 amide bonds. The molecule has 0 aromatic heterocycles. The van der Waals surface area contributed by atoms with Gasteiger partial charge >= 0.3 is 0 Å². The quantitative estimate of drug-likeness (QED) is 0.644. The van der Waals surface area contributed by atoms with E-state index in [1.54, 1.807) is 12.1 Å². The third-order valence-electron chi connectivity index (χ3n) is 5.74. The lowest BCUT2D eigenvalue weighted by atomic mass is 9.97. The van der Waals surface area contributed by atoms with Crippen molar-refractivity contribution in [3.63, 3.8) is 0 Å². The summed E-state index contributed by atoms with van der Waals surface area (Å²) < 4.78 is 46.2. The first-order valence-corrected chi connectivity index (χ1v) is 12.2. The normalized spacial score (nSPS) is 23.6. The number of aliphatic hydroxyl groups excluding tert-OH is 1. The van der Waals surface area contributed by atoms with Crippen LogP contribution in [0.5, 0.6) is 0 Å². The van der Waals surface area contributed by atoms with Gasteiger partial charge in [0.2, 0.25) is 15.9 Å². The highest BCUT2D eigenvalue weighted by Crippen LogP contribution is 2.25. The van der Waals surface area contributed by atoms with Crippen molar-refractivity contribution in [3.8, 4) is 0 Å². The minimum absolute atomic E-state index is 0.0556. The van der Waals surface area contributed by atoms with Crippen molar-refractivity contribution < 1.29 is 27.4 Å². The molecule has 3 rings (SSSR count). The minimum atomic E-state index is -3.45. The van der Waals surface area contributed by atoms with Gasteiger partial charge in [0.15, 0.2) is 0 Å². The number of rotatable bonds is 7. The number of nitrogens with one attached hydrogen (secondary N) is 1. The number of carbonyl (C=O) groups is 1. The SMILES string of the molecule is CS(=O)(=O)N[C@H]1CCCN(C(=O)CO)[C@H]1COC1CCN(c2ccccc2F)CC1. The molecule has 0 spiro atoms. The molecule has 0 saturated carbocycles. The van der Waals surface area contributed by atoms with Crippen LogP contribution in [0.25, 0.3) is 0 Å². The van der Waals surface area contributed by atoms with Gasteiger partial charge in [-0.15, -0.1) is 0 Å². The van der Waals surface area contributed by atoms with E-state index >= 15 is 0 Å². The fourth-order valence-corrected chi connectivity index (χ4v) is 5.11. The molecule has 2 aliphatic rings. The molecule has 8 nitrogen and oxygen atoms in total. The molecule has 1 aromatic carbocycles. The molecule has 2 fully saturated rings. The third kappa shape index (κ3) is 5.90. The Labute approximate surface area is 177 Å². The van der Waals surface area contributed by atoms with E-state index < -0.39 is 34.6 Å². The molecule has 1 aromatic rings. The lowest BCUT2D eigenvalue weighted by Gasteiger charge is -2.42. The number of hydrogen-bond acceptors (Lipinski definition) is 6. The number of hydrogen-bond donors (Lipinski definition) is 2. The summed E-state index contributed by atoms with van der Waals surface area (Å²) in [4.78, 5) is 15.7. The average molecular weight is 444 g/mol. The zero-order valence-electron chi connectivity index (χ0n) is 17.2. The van der Waals surface area contributed by atoms with Gasteiger partial charge in [0.1, 0.15) is 12.4 Å². The molecule has 2 saturated heterocycles. The molecule has 2 atom stereocenters. The van der Waals surface area contributed by atoms with Crippen LogP contribution in [0.1, 0.15) is 25.7 Å².